The third kappa shape index (κ3) is 14.4. The Bertz CT molecular complexity index is 11000. The predicted octanol–water partition coefficient (Wildman–Crippen LogP) is 21.1. The van der Waals surface area contributed by atoms with E-state index in [1.54, 1.807) is 41.4 Å². The van der Waals surface area contributed by atoms with E-state index in [0.717, 1.165) is 14.7 Å². The highest BCUT2D eigenvalue weighted by Gasteiger charge is 2.46. The Morgan fingerprint density at radius 3 is 1.17 bits per heavy atom. The van der Waals surface area contributed by atoms with Gasteiger partial charge in [-0.1, -0.05) is 294 Å². The molecule has 8 aliphatic heterocycles. The van der Waals surface area contributed by atoms with Gasteiger partial charge in [0.2, 0.25) is 6.71 Å². The van der Waals surface area contributed by atoms with Crippen LogP contribution in [0.5, 0.6) is 57.5 Å². The number of fused-ring (bicyclic) bond motifs is 16. The Labute approximate surface area is 860 Å². The van der Waals surface area contributed by atoms with Crippen molar-refractivity contribution in [3.63, 3.8) is 0 Å². The van der Waals surface area contributed by atoms with Gasteiger partial charge in [-0.15, -0.1) is 0 Å². The molecule has 0 spiro atoms. The standard InChI is InChI=1S/C32H25BN2.C26H19BO2.C20H18BN.C20H15BO2.C20H17BO/c1-22-11-10-14-25(19-22)35-29-18-9-7-16-27(29)33-26-15-6-8-17-28(26)34(24-12-4-3-5-13-24)30-20-23(2)21-31(35)32(30)33;1-16-11-12-18(13-17(16)2)19-14-24-26-25(15-19)29-23-10-6-4-8-21(23)27(26)20-7-3-5-9-22(20)28-24;1-15-9-8-14-19-20(15)21(2)17-12-6-7-13-18(17)22(19)16-10-4-3-5-11-16;1-12-11-18-19-20(13(12)2)23-17-10-6-4-8-15(17)21(19)14-7-3-5-9-16(14)22-18;1-14-11-12-20-18(13-14)21(16-8-4-3-7-15(16)2)17-9-5-6-10-19(17)22-20/h3-21H,1-2H3;3-15H,1-2H3;3-14H,1-2H3;3-11H,1-2H3;3-13H,1-2H3/i3D,4D,5D,6D,7D,8D,9D,10D,11D,12D,13D,14D,15D,16D,17D,18D,19D,20D,21D;3D,4D,5D,6D,7D,8D,9D,10D,11D,12D,13D,14D,15D;3D,4D,5D,6D,7D,8D,9D,10D,11D,12D,13D,14D;3D,4D,5D,6D,7D,8D,9D,10D,11D;3D,4D,5D,6D,7D,8D,9D,10D,11D,12D,13D. The van der Waals surface area contributed by atoms with Crippen LogP contribution in [0.25, 0.3) is 11.1 Å². The first-order chi connectivity index (χ1) is 90.8. The monoisotopic (exact) mass is 1750 g/mol. The lowest BCUT2D eigenvalue weighted by Crippen LogP contribution is -2.61. The summed E-state index contributed by atoms with van der Waals surface area (Å²) in [5.74, 6) is -1.78. The second-order valence-corrected chi connectivity index (χ2v) is 30.6. The van der Waals surface area contributed by atoms with Crippen LogP contribution in [0.1, 0.15) is 138 Å². The van der Waals surface area contributed by atoms with Crippen LogP contribution in [0.4, 0.5) is 51.2 Å². The number of ether oxygens (including phenoxy) is 5. The van der Waals surface area contributed by atoms with Crippen molar-refractivity contribution in [2.45, 2.75) is 69.1 Å². The smallest absolute Gasteiger partial charge is 0.260 e. The predicted molar refractivity (Wildman–Crippen MR) is 553 cm³/mol. The second-order valence-electron chi connectivity index (χ2n) is 30.6. The molecule has 626 valence electrons. The van der Waals surface area contributed by atoms with Crippen LogP contribution >= 0.6 is 0 Å². The molecule has 0 amide bonds. The third-order valence-corrected chi connectivity index (χ3v) is 22.8. The van der Waals surface area contributed by atoms with Crippen molar-refractivity contribution in [2.75, 3.05) is 14.7 Å². The molecule has 0 atom stereocenters. The molecule has 0 unspecified atom stereocenters. The summed E-state index contributed by atoms with van der Waals surface area (Å²) in [6.45, 7) is 9.54. The zero-order chi connectivity index (χ0) is 145. The van der Waals surface area contributed by atoms with Gasteiger partial charge in [-0.05, 0) is 288 Å². The molecule has 8 heterocycles. The van der Waals surface area contributed by atoms with E-state index in [0.29, 0.717) is 38.7 Å². The first kappa shape index (κ1) is 37.8. The van der Waals surface area contributed by atoms with Crippen molar-refractivity contribution in [1.82, 2.24) is 0 Å². The zero-order valence-electron chi connectivity index (χ0n) is 134. The van der Waals surface area contributed by atoms with Gasteiger partial charge < -0.3 is 38.4 Å². The van der Waals surface area contributed by atoms with Gasteiger partial charge in [0.15, 0.2) is 0 Å². The Morgan fingerprint density at radius 2 is 0.603 bits per heavy atom. The molecule has 0 fully saturated rings. The van der Waals surface area contributed by atoms with E-state index in [4.69, 9.17) is 105 Å². The number of para-hydroxylation sites is 10. The minimum absolute atomic E-state index is 0.0252. The van der Waals surface area contributed by atoms with Gasteiger partial charge in [0, 0.05) is 62.1 Å². The number of hydrogen-bond acceptors (Lipinski definition) is 8. The van der Waals surface area contributed by atoms with Crippen LogP contribution in [-0.2, 0) is 0 Å². The molecule has 0 radical (unpaired) electrons. The largest absolute Gasteiger partial charge is 0.458 e. The third-order valence-electron chi connectivity index (χ3n) is 22.8. The van der Waals surface area contributed by atoms with E-state index in [1.165, 1.54) is 27.7 Å². The topological polar surface area (TPSA) is 55.9 Å². The summed E-state index contributed by atoms with van der Waals surface area (Å²) in [6.07, 6.45) is 0. The van der Waals surface area contributed by atoms with E-state index in [9.17, 15) is 6.85 Å². The van der Waals surface area contributed by atoms with Gasteiger partial charge in [-0.3, -0.25) is 0 Å². The summed E-state index contributed by atoms with van der Waals surface area (Å²) in [5.41, 5.74) is -1.79. The van der Waals surface area contributed by atoms with Crippen LogP contribution in [0, 0.1) is 62.3 Å². The van der Waals surface area contributed by atoms with E-state index in [-0.39, 0.29) is 252 Å². The fourth-order valence-corrected chi connectivity index (χ4v) is 16.8. The van der Waals surface area contributed by atoms with Crippen LogP contribution in [0.2, 0.25) is 6.82 Å². The lowest BCUT2D eigenvalue weighted by Gasteiger charge is -2.44. The summed E-state index contributed by atoms with van der Waals surface area (Å²) in [6, 6.07) is -34.0. The van der Waals surface area contributed by atoms with Crippen molar-refractivity contribution < 1.29 is 111 Å². The maximum Gasteiger partial charge on any atom is 0.260 e. The Kier molecular flexibility index (Phi) is 9.72. The molecule has 13 heteroatoms. The molecule has 0 bridgehead atoms. The quantitative estimate of drug-likeness (QED) is 0.158. The van der Waals surface area contributed by atoms with Crippen LogP contribution in [0.3, 0.4) is 0 Å². The van der Waals surface area contributed by atoms with E-state index >= 15 is 0 Å². The molecule has 131 heavy (non-hydrogen) atoms. The molecule has 0 N–H and O–H groups in total. The van der Waals surface area contributed by atoms with Crippen molar-refractivity contribution in [1.29, 1.82) is 0 Å². The summed E-state index contributed by atoms with van der Waals surface area (Å²) in [4.78, 5) is 3.03. The van der Waals surface area contributed by atoms with Crippen molar-refractivity contribution >= 4 is 161 Å². The molecule has 18 aromatic rings. The lowest BCUT2D eigenvalue weighted by molar-refractivity contribution is 0.461. The molecular formula is C118H94B5N3O5. The molecule has 0 aromatic heterocycles. The highest BCUT2D eigenvalue weighted by molar-refractivity contribution is 7.01. The molecular weight excluding hydrogens is 1590 g/mol. The summed E-state index contributed by atoms with van der Waals surface area (Å²) < 4.78 is 575. The lowest BCUT2D eigenvalue weighted by atomic mass is 9.33. The average molecular weight is 1750 g/mol. The van der Waals surface area contributed by atoms with E-state index in [1.807, 2.05) is 0 Å². The minimum Gasteiger partial charge on any atom is -0.458 e. The maximum atomic E-state index is 9.45. The average Bonchev–Trinajstić information content (AvgIpc) is 0.667. The van der Waals surface area contributed by atoms with E-state index < -0.39 is 376 Å². The second kappa shape index (κ2) is 33.7. The Hall–Kier alpha value is -15.3. The molecule has 0 aliphatic carbocycles. The van der Waals surface area contributed by atoms with Gasteiger partial charge in [0.05, 0.1) is 87.7 Å². The van der Waals surface area contributed by atoms with Crippen LogP contribution in [-0.4, -0.2) is 33.6 Å². The molecule has 18 aromatic carbocycles. The van der Waals surface area contributed by atoms with Crippen LogP contribution in [0.15, 0.2) is 387 Å². The zero-order valence-corrected chi connectivity index (χ0v) is 70.3. The van der Waals surface area contributed by atoms with Gasteiger partial charge in [0.25, 0.3) is 26.9 Å². The molecule has 0 saturated heterocycles. The van der Waals surface area contributed by atoms with Crippen LogP contribution < -0.4 is 115 Å². The molecule has 0 saturated carbocycles. The van der Waals surface area contributed by atoms with Gasteiger partial charge in [0.1, 0.15) is 57.5 Å². The highest BCUT2D eigenvalue weighted by Crippen LogP contribution is 2.47. The first-order valence-electron chi connectivity index (χ1n) is 72.4. The van der Waals surface area contributed by atoms with Crippen molar-refractivity contribution in [3.8, 4) is 68.6 Å². The summed E-state index contributed by atoms with van der Waals surface area (Å²) >= 11 is 0. The van der Waals surface area contributed by atoms with Crippen molar-refractivity contribution in [2.24, 2.45) is 0 Å². The molecule has 8 nitrogen and oxygen atoms in total. The summed E-state index contributed by atoms with van der Waals surface area (Å²) in [7, 11) is 0. The van der Waals surface area contributed by atoms with Gasteiger partial charge >= 0.3 is 0 Å². The number of anilines is 9. The fraction of sp³-hybridized carbons (Fsp3) is 0.0847. The first-order valence-corrected chi connectivity index (χ1v) is 40.4. The number of benzene rings is 18. The van der Waals surface area contributed by atoms with Gasteiger partial charge in [-0.2, -0.15) is 0 Å². The van der Waals surface area contributed by atoms with Crippen molar-refractivity contribution in [3.05, 3.63) is 437 Å². The Morgan fingerprint density at radius 1 is 0.206 bits per heavy atom. The minimum atomic E-state index is -1.62. The Balaban J connectivity index is 0.000000132. The SMILES string of the molecule is [2H]c1c([2H])c([2H])c(B2c3c([2H])c([2H])c([2H])c([2H])c3Oc3c([2H])c([2H])c(C)c([2H])c32)c(C)c1[2H].[2H]c1c([2H])c([2H])c(N2c3c([2H])c([2H])c([2H])c([2H])c3B(C)c3c(C)c([2H])c([2H])c([2H])c32)c([2H])c1[2H].[2H]c1c([2H])c([2H])c(N2c3c([2H])c([2H])c([2H])c([2H])c3B3c4c([2H])c([2H])c([2H])c([2H])c4N(c4c([2H])c([2H])c([2H])c(C)c4[2H])c4c([2H])c(C)c([2H])c2c43)c([2H])c1[2H].[2H]c1c([2H])c([2H])c2c(c1[2H])Oc1c([2H])c(-c3c([2H])c([2H])c(C)c(C)c3[2H])c([2H])c3c1B2c1c([2H])c([2H])c([2H])c([2H])c1O3.[2H]c1c([2H])c([2H])c2c(c1[2H])Oc1c([2H])c(C)c(C)c3c1B2c1c([2H])c([2H])c([2H])c([2H])c1O3. The number of hydrogen-bond donors (Lipinski definition) is 0. The van der Waals surface area contributed by atoms with Gasteiger partial charge in [-0.25, -0.2) is 0 Å². The number of rotatable bonds is 5. The maximum absolute atomic E-state index is 9.45. The molecule has 26 rings (SSSR count). The summed E-state index contributed by atoms with van der Waals surface area (Å²) in [5, 5.41) is 0. The molecule has 8 aliphatic rings. The highest BCUT2D eigenvalue weighted by atomic mass is 16.5. The fourth-order valence-electron chi connectivity index (χ4n) is 16.8. The normalized spacial score (nSPS) is 19.8. The number of nitrogens with zero attached hydrogens (tertiary/aromatic N) is 3. The van der Waals surface area contributed by atoms with E-state index in [2.05, 4.69) is 0 Å².